The molecule has 0 aliphatic rings. The number of nitrogens with two attached hydrogens (primary N) is 1. The van der Waals surface area contributed by atoms with E-state index in [1.54, 1.807) is 7.11 Å². The van der Waals surface area contributed by atoms with Gasteiger partial charge in [-0.25, -0.2) is 0 Å². The second-order valence-electron chi connectivity index (χ2n) is 2.79. The van der Waals surface area contributed by atoms with Crippen molar-refractivity contribution in [2.24, 2.45) is 5.73 Å². The summed E-state index contributed by atoms with van der Waals surface area (Å²) in [4.78, 5) is 0. The highest BCUT2D eigenvalue weighted by Crippen LogP contribution is 2.09. The van der Waals surface area contributed by atoms with E-state index in [2.05, 4.69) is 11.8 Å². The van der Waals surface area contributed by atoms with Gasteiger partial charge in [0.2, 0.25) is 0 Å². The van der Waals surface area contributed by atoms with Crippen LogP contribution in [0, 0.1) is 11.8 Å². The number of hydrogen-bond donors (Lipinski definition) is 1. The summed E-state index contributed by atoms with van der Waals surface area (Å²) < 4.78 is 5.02. The summed E-state index contributed by atoms with van der Waals surface area (Å²) in [5.74, 6) is 6.69. The molecule has 0 fully saturated rings. The first-order valence-electron chi connectivity index (χ1n) is 4.13. The lowest BCUT2D eigenvalue weighted by molar-refractivity contribution is 0.415. The molecular formula is C11H13NO. The fraction of sp³-hybridized carbons (Fsp3) is 0.273. The third kappa shape index (κ3) is 3.18. The van der Waals surface area contributed by atoms with Crippen LogP contribution >= 0.6 is 0 Å². The Labute approximate surface area is 78.7 Å². The van der Waals surface area contributed by atoms with E-state index in [1.165, 1.54) is 0 Å². The van der Waals surface area contributed by atoms with E-state index < -0.39 is 0 Å². The second-order valence-corrected chi connectivity index (χ2v) is 2.79. The SMILES string of the molecule is COc1ccc(C#C[C@H](C)N)cc1. The van der Waals surface area contributed by atoms with Gasteiger partial charge in [0.1, 0.15) is 5.75 Å². The summed E-state index contributed by atoms with van der Waals surface area (Å²) in [5, 5.41) is 0. The molecule has 0 aliphatic heterocycles. The molecule has 68 valence electrons. The molecule has 0 unspecified atom stereocenters. The molecule has 0 spiro atoms. The van der Waals surface area contributed by atoms with Crippen molar-refractivity contribution < 1.29 is 4.74 Å². The van der Waals surface area contributed by atoms with Gasteiger partial charge >= 0.3 is 0 Å². The van der Waals surface area contributed by atoms with Gasteiger partial charge in [-0.1, -0.05) is 11.8 Å². The van der Waals surface area contributed by atoms with Crippen LogP contribution in [0.4, 0.5) is 0 Å². The summed E-state index contributed by atoms with van der Waals surface area (Å²) in [6.45, 7) is 1.86. The third-order valence-electron chi connectivity index (χ3n) is 1.53. The fourth-order valence-corrected chi connectivity index (χ4v) is 0.872. The molecule has 13 heavy (non-hydrogen) atoms. The minimum atomic E-state index is -0.0814. The summed E-state index contributed by atoms with van der Waals surface area (Å²) in [6, 6.07) is 7.50. The van der Waals surface area contributed by atoms with Gasteiger partial charge in [-0.2, -0.15) is 0 Å². The number of ether oxygens (including phenoxy) is 1. The molecule has 1 rings (SSSR count). The van der Waals surface area contributed by atoms with Crippen molar-refractivity contribution in [3.05, 3.63) is 29.8 Å². The van der Waals surface area contributed by atoms with Crippen LogP contribution in [0.3, 0.4) is 0 Å². The van der Waals surface area contributed by atoms with Gasteiger partial charge in [0, 0.05) is 5.56 Å². The molecule has 2 heteroatoms. The average molecular weight is 175 g/mol. The van der Waals surface area contributed by atoms with Crippen molar-refractivity contribution in [2.75, 3.05) is 7.11 Å². The Morgan fingerprint density at radius 2 is 1.92 bits per heavy atom. The minimum absolute atomic E-state index is 0.0814. The Morgan fingerprint density at radius 1 is 1.31 bits per heavy atom. The molecule has 2 nitrogen and oxygen atoms in total. The first-order chi connectivity index (χ1) is 6.22. The zero-order valence-corrected chi connectivity index (χ0v) is 7.87. The molecule has 1 atom stereocenters. The standard InChI is InChI=1S/C11H13NO/c1-9(12)3-4-10-5-7-11(13-2)8-6-10/h5-9H,12H2,1-2H3/t9-/m0/s1. The monoisotopic (exact) mass is 175 g/mol. The lowest BCUT2D eigenvalue weighted by Crippen LogP contribution is -2.10. The van der Waals surface area contributed by atoms with Crippen molar-refractivity contribution in [1.82, 2.24) is 0 Å². The van der Waals surface area contributed by atoms with Gasteiger partial charge in [0.15, 0.2) is 0 Å². The molecule has 1 aromatic carbocycles. The van der Waals surface area contributed by atoms with E-state index in [4.69, 9.17) is 10.5 Å². The quantitative estimate of drug-likeness (QED) is 0.655. The van der Waals surface area contributed by atoms with E-state index in [0.29, 0.717) is 0 Å². The Kier molecular flexibility index (Phi) is 3.36. The average Bonchev–Trinajstić information content (AvgIpc) is 2.15. The summed E-state index contributed by atoms with van der Waals surface area (Å²) >= 11 is 0. The molecule has 0 aliphatic carbocycles. The fourth-order valence-electron chi connectivity index (χ4n) is 0.872. The lowest BCUT2D eigenvalue weighted by Gasteiger charge is -1.97. The second kappa shape index (κ2) is 4.54. The van der Waals surface area contributed by atoms with Crippen LogP contribution in [0.25, 0.3) is 0 Å². The van der Waals surface area contributed by atoms with Crippen molar-refractivity contribution in [2.45, 2.75) is 13.0 Å². The number of benzene rings is 1. The summed E-state index contributed by atoms with van der Waals surface area (Å²) in [6.07, 6.45) is 0. The smallest absolute Gasteiger partial charge is 0.118 e. The molecule has 0 amide bonds. The van der Waals surface area contributed by atoms with Gasteiger partial charge in [-0.05, 0) is 31.2 Å². The predicted octanol–water partition coefficient (Wildman–Crippen LogP) is 1.39. The van der Waals surface area contributed by atoms with E-state index in [1.807, 2.05) is 31.2 Å². The number of hydrogen-bond acceptors (Lipinski definition) is 2. The highest BCUT2D eigenvalue weighted by Gasteiger charge is 1.89. The first-order valence-corrected chi connectivity index (χ1v) is 4.13. The van der Waals surface area contributed by atoms with Crippen LogP contribution in [0.15, 0.2) is 24.3 Å². The van der Waals surface area contributed by atoms with Crippen LogP contribution in [0.1, 0.15) is 12.5 Å². The largest absolute Gasteiger partial charge is 0.497 e. The predicted molar refractivity (Wildman–Crippen MR) is 53.5 cm³/mol. The normalized spacial score (nSPS) is 11.3. The zero-order chi connectivity index (χ0) is 9.68. The van der Waals surface area contributed by atoms with Gasteiger partial charge in [0.25, 0.3) is 0 Å². The maximum atomic E-state index is 5.50. The Bertz CT molecular complexity index is 316. The minimum Gasteiger partial charge on any atom is -0.497 e. The Morgan fingerprint density at radius 3 is 2.38 bits per heavy atom. The van der Waals surface area contributed by atoms with E-state index in [0.717, 1.165) is 11.3 Å². The van der Waals surface area contributed by atoms with Gasteiger partial charge in [-0.3, -0.25) is 0 Å². The van der Waals surface area contributed by atoms with Crippen LogP contribution in [-0.2, 0) is 0 Å². The maximum absolute atomic E-state index is 5.50. The topological polar surface area (TPSA) is 35.2 Å². The molecule has 0 saturated carbocycles. The van der Waals surface area contributed by atoms with Gasteiger partial charge in [-0.15, -0.1) is 0 Å². The van der Waals surface area contributed by atoms with Gasteiger partial charge < -0.3 is 10.5 Å². The highest BCUT2D eigenvalue weighted by atomic mass is 16.5. The molecule has 2 N–H and O–H groups in total. The Hall–Kier alpha value is -1.46. The van der Waals surface area contributed by atoms with Crippen molar-refractivity contribution in [3.8, 4) is 17.6 Å². The molecule has 0 bridgehead atoms. The third-order valence-corrected chi connectivity index (χ3v) is 1.53. The van der Waals surface area contributed by atoms with Crippen LogP contribution < -0.4 is 10.5 Å². The van der Waals surface area contributed by atoms with E-state index >= 15 is 0 Å². The van der Waals surface area contributed by atoms with Crippen molar-refractivity contribution in [1.29, 1.82) is 0 Å². The Balaban J connectivity index is 2.77. The summed E-state index contributed by atoms with van der Waals surface area (Å²) in [7, 11) is 1.64. The molecule has 1 aromatic rings. The van der Waals surface area contributed by atoms with Crippen LogP contribution in [-0.4, -0.2) is 13.2 Å². The van der Waals surface area contributed by atoms with Crippen molar-refractivity contribution in [3.63, 3.8) is 0 Å². The molecular weight excluding hydrogens is 162 g/mol. The summed E-state index contributed by atoms with van der Waals surface area (Å²) in [5.41, 5.74) is 6.45. The highest BCUT2D eigenvalue weighted by molar-refractivity contribution is 5.38. The van der Waals surface area contributed by atoms with E-state index in [-0.39, 0.29) is 6.04 Å². The first kappa shape index (κ1) is 9.63. The van der Waals surface area contributed by atoms with Crippen LogP contribution in [0.5, 0.6) is 5.75 Å². The van der Waals surface area contributed by atoms with E-state index in [9.17, 15) is 0 Å². The molecule has 0 aromatic heterocycles. The lowest BCUT2D eigenvalue weighted by atomic mass is 10.2. The van der Waals surface area contributed by atoms with Crippen LogP contribution in [0.2, 0.25) is 0 Å². The van der Waals surface area contributed by atoms with Gasteiger partial charge in [0.05, 0.1) is 13.2 Å². The zero-order valence-electron chi connectivity index (χ0n) is 7.87. The number of methoxy groups -OCH3 is 1. The molecule has 0 heterocycles. The number of rotatable bonds is 1. The molecule has 0 saturated heterocycles. The molecule has 0 radical (unpaired) electrons. The maximum Gasteiger partial charge on any atom is 0.118 e. The van der Waals surface area contributed by atoms with Crippen molar-refractivity contribution >= 4 is 0 Å².